The highest BCUT2D eigenvalue weighted by Gasteiger charge is 2.20. The van der Waals surface area contributed by atoms with Gasteiger partial charge >= 0.3 is 0 Å². The van der Waals surface area contributed by atoms with Gasteiger partial charge in [0.15, 0.2) is 5.78 Å². The number of hydrogen-bond acceptors (Lipinski definition) is 2. The lowest BCUT2D eigenvalue weighted by molar-refractivity contribution is 0.0992. The molecule has 1 aromatic carbocycles. The Hall–Kier alpha value is -0.670. The van der Waals surface area contributed by atoms with Crippen LogP contribution in [-0.2, 0) is 10.8 Å². The summed E-state index contributed by atoms with van der Waals surface area (Å²) in [6.45, 7) is 3.84. The minimum atomic E-state index is -1.08. The summed E-state index contributed by atoms with van der Waals surface area (Å²) in [5.74, 6) is 0.537. The van der Waals surface area contributed by atoms with Crippen LogP contribution in [-0.4, -0.2) is 21.0 Å². The van der Waals surface area contributed by atoms with E-state index in [1.165, 1.54) is 0 Å². The predicted molar refractivity (Wildman–Crippen MR) is 77.8 cm³/mol. The Morgan fingerprint density at radius 2 is 1.89 bits per heavy atom. The van der Waals surface area contributed by atoms with E-state index in [1.807, 2.05) is 0 Å². The van der Waals surface area contributed by atoms with E-state index in [-0.39, 0.29) is 5.78 Å². The Morgan fingerprint density at radius 3 is 2.44 bits per heavy atom. The van der Waals surface area contributed by atoms with Gasteiger partial charge in [-0.15, -0.1) is 0 Å². The summed E-state index contributed by atoms with van der Waals surface area (Å²) < 4.78 is 12.0. The highest BCUT2D eigenvalue weighted by molar-refractivity contribution is 7.86. The van der Waals surface area contributed by atoms with Gasteiger partial charge in [0.1, 0.15) is 0 Å². The molecule has 0 radical (unpaired) electrons. The third-order valence-electron chi connectivity index (χ3n) is 2.84. The zero-order valence-electron chi connectivity index (χ0n) is 10.8. The first-order valence-corrected chi connectivity index (χ1v) is 7.99. The van der Waals surface area contributed by atoms with Gasteiger partial charge < -0.3 is 0 Å². The SMILES string of the molecule is CCCCCS(=O)C(C)C(=O)c1ccc(Cl)cc1. The summed E-state index contributed by atoms with van der Waals surface area (Å²) in [4.78, 5) is 12.1. The maximum Gasteiger partial charge on any atom is 0.178 e. The Morgan fingerprint density at radius 1 is 1.28 bits per heavy atom. The molecule has 0 aliphatic rings. The second kappa shape index (κ2) is 7.70. The van der Waals surface area contributed by atoms with Crippen LogP contribution in [0.2, 0.25) is 5.02 Å². The molecule has 2 nitrogen and oxygen atoms in total. The van der Waals surface area contributed by atoms with Gasteiger partial charge in [0.2, 0.25) is 0 Å². The minimum Gasteiger partial charge on any atom is -0.293 e. The monoisotopic (exact) mass is 286 g/mol. The van der Waals surface area contributed by atoms with E-state index >= 15 is 0 Å². The van der Waals surface area contributed by atoms with Crippen molar-refractivity contribution in [1.29, 1.82) is 0 Å². The van der Waals surface area contributed by atoms with Gasteiger partial charge in [0, 0.05) is 27.1 Å². The van der Waals surface area contributed by atoms with Crippen molar-refractivity contribution in [3.8, 4) is 0 Å². The zero-order valence-corrected chi connectivity index (χ0v) is 12.4. The van der Waals surface area contributed by atoms with Crippen LogP contribution in [0.5, 0.6) is 0 Å². The maximum absolute atomic E-state index is 12.1. The van der Waals surface area contributed by atoms with E-state index in [1.54, 1.807) is 31.2 Å². The molecule has 0 aliphatic carbocycles. The molecule has 0 aromatic heterocycles. The molecule has 0 fully saturated rings. The van der Waals surface area contributed by atoms with Gasteiger partial charge in [-0.3, -0.25) is 9.00 Å². The molecule has 18 heavy (non-hydrogen) atoms. The number of carbonyl (C=O) groups is 1. The van der Waals surface area contributed by atoms with Crippen LogP contribution in [0.25, 0.3) is 0 Å². The molecule has 0 spiro atoms. The fraction of sp³-hybridized carbons (Fsp3) is 0.500. The number of Topliss-reactive ketones (excluding diaryl/α,β-unsaturated/α-hetero) is 1. The molecule has 2 atom stereocenters. The largest absolute Gasteiger partial charge is 0.293 e. The quantitative estimate of drug-likeness (QED) is 0.563. The molecule has 0 saturated heterocycles. The number of halogens is 1. The van der Waals surface area contributed by atoms with Crippen molar-refractivity contribution in [3.63, 3.8) is 0 Å². The Labute approximate surface area is 116 Å². The Balaban J connectivity index is 2.60. The van der Waals surface area contributed by atoms with Crippen molar-refractivity contribution < 1.29 is 9.00 Å². The number of benzene rings is 1. The number of rotatable bonds is 7. The number of carbonyl (C=O) groups excluding carboxylic acids is 1. The third kappa shape index (κ3) is 4.54. The molecular weight excluding hydrogens is 268 g/mol. The lowest BCUT2D eigenvalue weighted by Gasteiger charge is -2.10. The van der Waals surface area contributed by atoms with E-state index in [2.05, 4.69) is 6.92 Å². The lowest BCUT2D eigenvalue weighted by atomic mass is 10.1. The van der Waals surface area contributed by atoms with Crippen molar-refractivity contribution in [2.75, 3.05) is 5.75 Å². The summed E-state index contributed by atoms with van der Waals surface area (Å²) in [7, 11) is -1.08. The predicted octanol–water partition coefficient (Wildman–Crippen LogP) is 3.85. The van der Waals surface area contributed by atoms with Gasteiger partial charge in [0.05, 0.1) is 5.25 Å². The summed E-state index contributed by atoms with van der Waals surface area (Å²) in [5.41, 5.74) is 0.579. The molecule has 0 aliphatic heterocycles. The highest BCUT2D eigenvalue weighted by atomic mass is 35.5. The topological polar surface area (TPSA) is 34.1 Å². The van der Waals surface area contributed by atoms with Crippen LogP contribution >= 0.6 is 11.6 Å². The normalized spacial score (nSPS) is 14.2. The van der Waals surface area contributed by atoms with Crippen LogP contribution in [0.15, 0.2) is 24.3 Å². The molecular formula is C14H19ClO2S. The van der Waals surface area contributed by atoms with Gasteiger partial charge in [-0.1, -0.05) is 31.4 Å². The summed E-state index contributed by atoms with van der Waals surface area (Å²) in [6.07, 6.45) is 3.08. The highest BCUT2D eigenvalue weighted by Crippen LogP contribution is 2.14. The smallest absolute Gasteiger partial charge is 0.178 e. The number of ketones is 1. The molecule has 0 bridgehead atoms. The van der Waals surface area contributed by atoms with E-state index in [4.69, 9.17) is 11.6 Å². The van der Waals surface area contributed by atoms with E-state index < -0.39 is 16.0 Å². The Bertz CT molecular complexity index is 414. The first-order valence-electron chi connectivity index (χ1n) is 6.23. The van der Waals surface area contributed by atoms with Gasteiger partial charge in [0.25, 0.3) is 0 Å². The molecule has 1 rings (SSSR count). The van der Waals surface area contributed by atoms with E-state index in [0.717, 1.165) is 19.3 Å². The van der Waals surface area contributed by atoms with Crippen LogP contribution in [0, 0.1) is 0 Å². The fourth-order valence-corrected chi connectivity index (χ4v) is 2.98. The zero-order chi connectivity index (χ0) is 13.5. The molecule has 0 N–H and O–H groups in total. The van der Waals surface area contributed by atoms with Crippen LogP contribution < -0.4 is 0 Å². The second-order valence-corrected chi connectivity index (χ2v) is 6.62. The molecule has 0 saturated carbocycles. The van der Waals surface area contributed by atoms with Crippen LogP contribution in [0.1, 0.15) is 43.5 Å². The van der Waals surface area contributed by atoms with Gasteiger partial charge in [-0.05, 0) is 37.6 Å². The van der Waals surface area contributed by atoms with E-state index in [9.17, 15) is 9.00 Å². The van der Waals surface area contributed by atoms with Crippen molar-refractivity contribution in [2.24, 2.45) is 0 Å². The summed E-state index contributed by atoms with van der Waals surface area (Å²) in [6, 6.07) is 6.73. The van der Waals surface area contributed by atoms with Crippen LogP contribution in [0.3, 0.4) is 0 Å². The average Bonchev–Trinajstić information content (AvgIpc) is 2.38. The summed E-state index contributed by atoms with van der Waals surface area (Å²) in [5, 5.41) is 0.159. The number of unbranched alkanes of at least 4 members (excludes halogenated alkanes) is 2. The maximum atomic E-state index is 12.1. The third-order valence-corrected chi connectivity index (χ3v) is 4.79. The van der Waals surface area contributed by atoms with Gasteiger partial charge in [-0.2, -0.15) is 0 Å². The van der Waals surface area contributed by atoms with E-state index in [0.29, 0.717) is 16.3 Å². The molecule has 4 heteroatoms. The minimum absolute atomic E-state index is 0.0681. The molecule has 0 amide bonds. The first kappa shape index (κ1) is 15.4. The fourth-order valence-electron chi connectivity index (χ4n) is 1.64. The summed E-state index contributed by atoms with van der Waals surface area (Å²) >= 11 is 5.77. The molecule has 2 unspecified atom stereocenters. The second-order valence-electron chi connectivity index (χ2n) is 4.31. The van der Waals surface area contributed by atoms with Crippen molar-refractivity contribution in [3.05, 3.63) is 34.9 Å². The van der Waals surface area contributed by atoms with Crippen LogP contribution in [0.4, 0.5) is 0 Å². The molecule has 100 valence electrons. The average molecular weight is 287 g/mol. The number of hydrogen-bond donors (Lipinski definition) is 0. The van der Waals surface area contributed by atoms with Crippen molar-refractivity contribution in [2.45, 2.75) is 38.4 Å². The molecule has 0 heterocycles. The molecule has 1 aromatic rings. The first-order chi connectivity index (χ1) is 8.56. The van der Waals surface area contributed by atoms with Crippen molar-refractivity contribution in [1.82, 2.24) is 0 Å². The van der Waals surface area contributed by atoms with Crippen molar-refractivity contribution >= 4 is 28.2 Å². The lowest BCUT2D eigenvalue weighted by Crippen LogP contribution is -2.24. The standard InChI is InChI=1S/C14H19ClO2S/c1-3-4-5-10-18(17)11(2)14(16)12-6-8-13(15)9-7-12/h6-9,11H,3-5,10H2,1-2H3. The van der Waals surface area contributed by atoms with Gasteiger partial charge in [-0.25, -0.2) is 0 Å². The Kier molecular flexibility index (Phi) is 6.58.